The first-order valence-corrected chi connectivity index (χ1v) is 3.24. The number of rotatable bonds is 2. The Kier molecular flexibility index (Phi) is 4.88. The second-order valence-corrected chi connectivity index (χ2v) is 2.43. The monoisotopic (exact) mass is 108 g/mol. The van der Waals surface area contributed by atoms with Gasteiger partial charge >= 0.3 is 0 Å². The van der Waals surface area contributed by atoms with Crippen LogP contribution in [-0.4, -0.2) is 26.4 Å². The molecule has 0 amide bonds. The quantitative estimate of drug-likeness (QED) is 0.385. The Morgan fingerprint density at radius 2 is 2.40 bits per heavy atom. The summed E-state index contributed by atoms with van der Waals surface area (Å²) in [7, 11) is 0.519. The van der Waals surface area contributed by atoms with Crippen molar-refractivity contribution in [1.82, 2.24) is 0 Å². The van der Waals surface area contributed by atoms with Crippen LogP contribution in [0, 0.1) is 0 Å². The zero-order chi connectivity index (χ0) is 4.12. The van der Waals surface area contributed by atoms with Crippen LogP contribution in [0.2, 0.25) is 0 Å². The van der Waals surface area contributed by atoms with Crippen LogP contribution in [0.5, 0.6) is 0 Å². The lowest BCUT2D eigenvalue weighted by Crippen LogP contribution is -1.96. The molecule has 1 nitrogen and oxygen atoms in total. The zero-order valence-electron chi connectivity index (χ0n) is 2.74. The van der Waals surface area contributed by atoms with E-state index in [-0.39, 0.29) is 6.23 Å². The van der Waals surface area contributed by atoms with Crippen molar-refractivity contribution in [2.75, 3.05) is 11.7 Å². The minimum Gasteiger partial charge on any atom is -0.400 e. The van der Waals surface area contributed by atoms with Crippen LogP contribution in [0.1, 0.15) is 0 Å². The highest BCUT2D eigenvalue weighted by Gasteiger charge is 1.74. The molecule has 0 spiro atoms. The van der Waals surface area contributed by atoms with Crippen LogP contribution in [0.3, 0.4) is 0 Å². The number of hydrogen-bond acceptors (Lipinski definition) is 1. The molecule has 0 aromatic carbocycles. The van der Waals surface area contributed by atoms with Gasteiger partial charge < -0.3 is 5.11 Å². The summed E-state index contributed by atoms with van der Waals surface area (Å²) in [6.07, 6.45) is 0.240. The van der Waals surface area contributed by atoms with E-state index in [2.05, 4.69) is 0 Å². The average Bonchev–Trinajstić information content (AvgIpc) is 1.41. The second kappa shape index (κ2) is 4.47. The van der Waals surface area contributed by atoms with E-state index in [9.17, 15) is 0 Å². The van der Waals surface area contributed by atoms with E-state index in [0.29, 0.717) is 15.0 Å². The van der Waals surface area contributed by atoms with Crippen molar-refractivity contribution in [3.63, 3.8) is 0 Å². The van der Waals surface area contributed by atoms with Crippen LogP contribution in [0.4, 0.5) is 0 Å². The Morgan fingerprint density at radius 3 is 2.40 bits per heavy atom. The van der Waals surface area contributed by atoms with Gasteiger partial charge in [-0.2, -0.15) is 0 Å². The highest BCUT2D eigenvalue weighted by Crippen LogP contribution is 1.64. The molecule has 5 heavy (non-hydrogen) atoms. The minimum atomic E-state index is 0.240. The minimum absolute atomic E-state index is 0.240. The molecule has 0 aliphatic heterocycles. The first kappa shape index (κ1) is 5.47. The molecule has 0 rings (SSSR count). The second-order valence-electron chi connectivity index (χ2n) is 0.542. The highest BCUT2D eigenvalue weighted by molar-refractivity contribution is 6.49. The summed E-state index contributed by atoms with van der Waals surface area (Å²) in [4.78, 5) is 0. The lowest BCUT2D eigenvalue weighted by atomic mass is 11.7. The molecule has 0 fully saturated rings. The predicted molar refractivity (Wildman–Crippen MR) is 23.6 cm³/mol. The molecule has 0 saturated heterocycles. The van der Waals surface area contributed by atoms with E-state index < -0.39 is 0 Å². The summed E-state index contributed by atoms with van der Waals surface area (Å²) in [6, 6.07) is 0. The fourth-order valence-corrected chi connectivity index (χ4v) is 0.380. The molecule has 0 atom stereocenters. The molecular formula is C2H5ClOSi. The molecule has 0 heterocycles. The van der Waals surface area contributed by atoms with Gasteiger partial charge in [-0.3, -0.25) is 0 Å². The van der Waals surface area contributed by atoms with E-state index >= 15 is 0 Å². The smallest absolute Gasteiger partial charge is 0.0917 e. The first-order valence-electron chi connectivity index (χ1n) is 1.29. The molecule has 0 aromatic heterocycles. The van der Waals surface area contributed by atoms with Crippen LogP contribution in [0.15, 0.2) is 0 Å². The Bertz CT molecular complexity index is 17.1. The topological polar surface area (TPSA) is 20.2 Å². The van der Waals surface area contributed by atoms with E-state index in [1.165, 1.54) is 0 Å². The molecule has 0 aromatic rings. The van der Waals surface area contributed by atoms with Crippen LogP contribution < -0.4 is 0 Å². The Morgan fingerprint density at radius 1 is 1.80 bits per heavy atom. The SMILES string of the molecule is OC[Si]CCl. The van der Waals surface area contributed by atoms with Gasteiger partial charge in [0, 0.05) is 11.7 Å². The molecule has 30 valence electrons. The third-order valence-electron chi connectivity index (χ3n) is 0.206. The largest absolute Gasteiger partial charge is 0.400 e. The Balaban J connectivity index is 2.19. The average molecular weight is 109 g/mol. The number of alkyl halides is 1. The number of hydrogen-bond donors (Lipinski definition) is 1. The number of aliphatic hydroxyl groups excluding tert-OH is 1. The molecule has 0 bridgehead atoms. The van der Waals surface area contributed by atoms with Crippen molar-refractivity contribution in [2.24, 2.45) is 0 Å². The summed E-state index contributed by atoms with van der Waals surface area (Å²) in [5.74, 6) is 0. The van der Waals surface area contributed by atoms with Gasteiger partial charge in [-0.05, 0) is 0 Å². The molecular weight excluding hydrogens is 104 g/mol. The van der Waals surface area contributed by atoms with Gasteiger partial charge in [-0.25, -0.2) is 0 Å². The lowest BCUT2D eigenvalue weighted by Gasteiger charge is -1.75. The predicted octanol–water partition coefficient (Wildman–Crippen LogP) is -0.163. The standard InChI is InChI=1S/C2H5ClOSi/c3-1-5-2-4/h4H,1-2H2. The van der Waals surface area contributed by atoms with Crippen molar-refractivity contribution in [3.05, 3.63) is 0 Å². The summed E-state index contributed by atoms with van der Waals surface area (Å²) < 4.78 is 0. The molecule has 0 unspecified atom stereocenters. The van der Waals surface area contributed by atoms with Gasteiger partial charge in [-0.15, -0.1) is 11.6 Å². The Labute approximate surface area is 38.8 Å². The maximum Gasteiger partial charge on any atom is 0.0917 e. The number of aliphatic hydroxyl groups is 1. The first-order chi connectivity index (χ1) is 2.41. The van der Waals surface area contributed by atoms with E-state index in [1.807, 2.05) is 0 Å². The summed E-state index contributed by atoms with van der Waals surface area (Å²) in [5, 5.41) is 7.99. The molecule has 0 aliphatic carbocycles. The van der Waals surface area contributed by atoms with Gasteiger partial charge in [0.25, 0.3) is 0 Å². The van der Waals surface area contributed by atoms with Crippen LogP contribution >= 0.6 is 11.6 Å². The molecule has 3 heteroatoms. The van der Waals surface area contributed by atoms with E-state index in [4.69, 9.17) is 16.7 Å². The summed E-state index contributed by atoms with van der Waals surface area (Å²) in [5.41, 5.74) is 0.594. The van der Waals surface area contributed by atoms with Gasteiger partial charge in [0.1, 0.15) is 0 Å². The van der Waals surface area contributed by atoms with Crippen molar-refractivity contribution >= 4 is 21.1 Å². The maximum absolute atomic E-state index is 7.99. The molecule has 0 aliphatic rings. The van der Waals surface area contributed by atoms with E-state index in [0.717, 1.165) is 0 Å². The molecule has 1 N–H and O–H groups in total. The van der Waals surface area contributed by atoms with Gasteiger partial charge in [0.15, 0.2) is 0 Å². The van der Waals surface area contributed by atoms with Crippen molar-refractivity contribution in [3.8, 4) is 0 Å². The van der Waals surface area contributed by atoms with Crippen molar-refractivity contribution in [2.45, 2.75) is 0 Å². The normalized spacial score (nSPS) is 8.40. The maximum atomic E-state index is 7.99. The third kappa shape index (κ3) is 4.47. The van der Waals surface area contributed by atoms with Crippen LogP contribution in [0.25, 0.3) is 0 Å². The highest BCUT2D eigenvalue weighted by atomic mass is 35.5. The fourth-order valence-electron chi connectivity index (χ4n) is 0.0423. The third-order valence-corrected chi connectivity index (χ3v) is 1.19. The van der Waals surface area contributed by atoms with Gasteiger partial charge in [0.2, 0.25) is 0 Å². The zero-order valence-corrected chi connectivity index (χ0v) is 4.50. The summed E-state index contributed by atoms with van der Waals surface area (Å²) >= 11 is 5.15. The summed E-state index contributed by atoms with van der Waals surface area (Å²) in [6.45, 7) is 0. The fraction of sp³-hybridized carbons (Fsp3) is 1.00. The lowest BCUT2D eigenvalue weighted by molar-refractivity contribution is 0.366. The van der Waals surface area contributed by atoms with E-state index in [1.54, 1.807) is 0 Å². The number of halogens is 1. The molecule has 2 radical (unpaired) electrons. The van der Waals surface area contributed by atoms with Crippen molar-refractivity contribution < 1.29 is 5.11 Å². The molecule has 0 saturated carbocycles. The van der Waals surface area contributed by atoms with Gasteiger partial charge in [0.05, 0.1) is 9.52 Å². The van der Waals surface area contributed by atoms with Crippen LogP contribution in [-0.2, 0) is 0 Å². The Hall–Kier alpha value is 0.467. The van der Waals surface area contributed by atoms with Gasteiger partial charge in [-0.1, -0.05) is 0 Å². The van der Waals surface area contributed by atoms with Crippen molar-refractivity contribution in [1.29, 1.82) is 0 Å².